The predicted octanol–water partition coefficient (Wildman–Crippen LogP) is 6.04. The summed E-state index contributed by atoms with van der Waals surface area (Å²) in [4.78, 5) is 11.6. The Morgan fingerprint density at radius 2 is 1.44 bits per heavy atom. The van der Waals surface area contributed by atoms with E-state index in [0.717, 1.165) is 72.8 Å². The summed E-state index contributed by atoms with van der Waals surface area (Å²) in [5, 5.41) is 8.45. The summed E-state index contributed by atoms with van der Waals surface area (Å²) in [6, 6.07) is 27.5. The molecular formula is C30H35N5O. The van der Waals surface area contributed by atoms with Gasteiger partial charge < -0.3 is 20.3 Å². The van der Waals surface area contributed by atoms with Crippen LogP contribution in [0.4, 0.5) is 11.8 Å². The van der Waals surface area contributed by atoms with Crippen molar-refractivity contribution in [2.75, 3.05) is 30.9 Å². The van der Waals surface area contributed by atoms with Gasteiger partial charge in [0.25, 0.3) is 0 Å². The van der Waals surface area contributed by atoms with E-state index in [1.165, 1.54) is 5.56 Å². The Kier molecular flexibility index (Phi) is 7.62. The average molecular weight is 482 g/mol. The summed E-state index contributed by atoms with van der Waals surface area (Å²) in [7, 11) is 4.06. The molecule has 36 heavy (non-hydrogen) atoms. The Morgan fingerprint density at radius 3 is 2.19 bits per heavy atom. The maximum Gasteiger partial charge on any atom is 0.225 e. The Bertz CT molecular complexity index is 1250. The highest BCUT2D eigenvalue weighted by atomic mass is 16.5. The Hall–Kier alpha value is -3.64. The molecule has 4 aromatic rings. The van der Waals surface area contributed by atoms with Crippen LogP contribution in [-0.4, -0.2) is 42.7 Å². The molecule has 5 rings (SSSR count). The lowest BCUT2D eigenvalue weighted by Gasteiger charge is -2.30. The van der Waals surface area contributed by atoms with Gasteiger partial charge in [-0.05, 0) is 80.6 Å². The highest BCUT2D eigenvalue weighted by Gasteiger charge is 2.22. The molecule has 0 spiro atoms. The number of aromatic nitrogens is 2. The first-order chi connectivity index (χ1) is 17.6. The molecule has 3 aromatic carbocycles. The zero-order valence-corrected chi connectivity index (χ0v) is 21.2. The van der Waals surface area contributed by atoms with Gasteiger partial charge in [-0.2, -0.15) is 4.98 Å². The van der Waals surface area contributed by atoms with E-state index in [4.69, 9.17) is 14.7 Å². The van der Waals surface area contributed by atoms with E-state index in [1.807, 2.05) is 56.6 Å². The lowest BCUT2D eigenvalue weighted by molar-refractivity contribution is 0.355. The van der Waals surface area contributed by atoms with Gasteiger partial charge in [0.1, 0.15) is 17.3 Å². The lowest BCUT2D eigenvalue weighted by Crippen LogP contribution is -2.38. The van der Waals surface area contributed by atoms with Crippen LogP contribution in [0.15, 0.2) is 78.9 Å². The maximum atomic E-state index is 5.89. The highest BCUT2D eigenvalue weighted by molar-refractivity contribution is 5.90. The quantitative estimate of drug-likeness (QED) is 0.304. The largest absolute Gasteiger partial charge is 0.457 e. The van der Waals surface area contributed by atoms with Crippen LogP contribution < -0.4 is 20.3 Å². The van der Waals surface area contributed by atoms with Crippen LogP contribution in [0, 0.1) is 0 Å². The molecule has 6 nitrogen and oxygen atoms in total. The second kappa shape index (κ2) is 11.4. The molecule has 1 aliphatic rings. The van der Waals surface area contributed by atoms with Crippen LogP contribution in [0.1, 0.15) is 31.2 Å². The summed E-state index contributed by atoms with van der Waals surface area (Å²) < 4.78 is 5.89. The molecule has 1 heterocycles. The molecule has 186 valence electrons. The molecule has 1 aliphatic carbocycles. The topological polar surface area (TPSA) is 62.3 Å². The van der Waals surface area contributed by atoms with E-state index < -0.39 is 0 Å². The predicted molar refractivity (Wildman–Crippen MR) is 148 cm³/mol. The smallest absolute Gasteiger partial charge is 0.225 e. The van der Waals surface area contributed by atoms with Gasteiger partial charge in [-0.15, -0.1) is 0 Å². The van der Waals surface area contributed by atoms with Crippen LogP contribution in [-0.2, 0) is 6.42 Å². The summed E-state index contributed by atoms with van der Waals surface area (Å²) in [5.74, 6) is 3.42. The van der Waals surface area contributed by atoms with E-state index in [-0.39, 0.29) is 0 Å². The number of nitrogens with one attached hydrogen (secondary N) is 2. The third-order valence-corrected chi connectivity index (χ3v) is 6.82. The first kappa shape index (κ1) is 24.1. The van der Waals surface area contributed by atoms with Crippen molar-refractivity contribution in [3.05, 3.63) is 84.4 Å². The van der Waals surface area contributed by atoms with Crippen LogP contribution in [0.5, 0.6) is 11.5 Å². The van der Waals surface area contributed by atoms with Gasteiger partial charge in [0, 0.05) is 31.6 Å². The van der Waals surface area contributed by atoms with Crippen molar-refractivity contribution in [1.29, 1.82) is 0 Å². The summed E-state index contributed by atoms with van der Waals surface area (Å²) >= 11 is 0. The van der Waals surface area contributed by atoms with Gasteiger partial charge in [0.05, 0.1) is 5.52 Å². The number of hydrogen-bond acceptors (Lipinski definition) is 6. The molecule has 0 aliphatic heterocycles. The molecule has 0 bridgehead atoms. The number of hydrogen-bond donors (Lipinski definition) is 2. The van der Waals surface area contributed by atoms with E-state index in [9.17, 15) is 0 Å². The van der Waals surface area contributed by atoms with E-state index >= 15 is 0 Å². The fraction of sp³-hybridized carbons (Fsp3) is 0.333. The van der Waals surface area contributed by atoms with Crippen LogP contribution in [0.2, 0.25) is 0 Å². The Morgan fingerprint density at radius 1 is 0.778 bits per heavy atom. The van der Waals surface area contributed by atoms with Crippen LogP contribution >= 0.6 is 0 Å². The molecule has 6 heteroatoms. The zero-order chi connectivity index (χ0) is 24.7. The number of rotatable bonds is 9. The van der Waals surface area contributed by atoms with Crippen molar-refractivity contribution in [3.63, 3.8) is 0 Å². The SMILES string of the molecule is CN(C)c1nc(NC2CCC(NCCc3ccc(Oc4ccccc4)cc3)CC2)nc2ccccc12. The number of para-hydroxylation sites is 2. The van der Waals surface area contributed by atoms with E-state index in [1.54, 1.807) is 0 Å². The Balaban J connectivity index is 1.07. The van der Waals surface area contributed by atoms with Crippen LogP contribution in [0.3, 0.4) is 0 Å². The lowest BCUT2D eigenvalue weighted by atomic mass is 9.91. The normalized spacial score (nSPS) is 17.6. The molecular weight excluding hydrogens is 446 g/mol. The summed E-state index contributed by atoms with van der Waals surface area (Å²) in [5.41, 5.74) is 2.30. The highest BCUT2D eigenvalue weighted by Crippen LogP contribution is 2.26. The van der Waals surface area contributed by atoms with Crippen molar-refractivity contribution in [2.24, 2.45) is 0 Å². The second-order valence-corrected chi connectivity index (χ2v) is 9.74. The van der Waals surface area contributed by atoms with Crippen molar-refractivity contribution < 1.29 is 4.74 Å². The summed E-state index contributed by atoms with van der Waals surface area (Å²) in [6.07, 6.45) is 5.58. The zero-order valence-electron chi connectivity index (χ0n) is 21.2. The first-order valence-corrected chi connectivity index (χ1v) is 12.9. The molecule has 2 N–H and O–H groups in total. The maximum absolute atomic E-state index is 5.89. The summed E-state index contributed by atoms with van der Waals surface area (Å²) in [6.45, 7) is 0.988. The minimum atomic E-state index is 0.413. The minimum Gasteiger partial charge on any atom is -0.457 e. The van der Waals surface area contributed by atoms with Gasteiger partial charge in [-0.1, -0.05) is 42.5 Å². The third kappa shape index (κ3) is 6.13. The number of anilines is 2. The second-order valence-electron chi connectivity index (χ2n) is 9.74. The molecule has 0 radical (unpaired) electrons. The number of ether oxygens (including phenoxy) is 1. The third-order valence-electron chi connectivity index (χ3n) is 6.82. The molecule has 1 fully saturated rings. The van der Waals surface area contributed by atoms with Crippen molar-refractivity contribution in [3.8, 4) is 11.5 Å². The minimum absolute atomic E-state index is 0.413. The van der Waals surface area contributed by atoms with Gasteiger partial charge in [-0.3, -0.25) is 0 Å². The number of fused-ring (bicyclic) bond motifs is 1. The molecule has 0 amide bonds. The molecule has 1 saturated carbocycles. The molecule has 0 unspecified atom stereocenters. The fourth-order valence-corrected chi connectivity index (χ4v) is 4.86. The average Bonchev–Trinajstić information content (AvgIpc) is 2.91. The van der Waals surface area contributed by atoms with Gasteiger partial charge in [0.15, 0.2) is 0 Å². The standard InChI is InChI=1S/C30H35N5O/c1-35(2)29-27-10-6-7-11-28(27)33-30(34-29)32-24-16-14-23(15-17-24)31-21-20-22-12-18-26(19-13-22)36-25-8-4-3-5-9-25/h3-13,18-19,23-24,31H,14-17,20-21H2,1-2H3,(H,32,33,34). The molecule has 1 aromatic heterocycles. The monoisotopic (exact) mass is 481 g/mol. The van der Waals surface area contributed by atoms with Crippen LogP contribution in [0.25, 0.3) is 10.9 Å². The van der Waals surface area contributed by atoms with Crippen molar-refractivity contribution in [1.82, 2.24) is 15.3 Å². The van der Waals surface area contributed by atoms with Gasteiger partial charge in [0.2, 0.25) is 5.95 Å². The fourth-order valence-electron chi connectivity index (χ4n) is 4.86. The van der Waals surface area contributed by atoms with Gasteiger partial charge >= 0.3 is 0 Å². The number of benzene rings is 3. The number of nitrogens with zero attached hydrogens (tertiary/aromatic N) is 3. The van der Waals surface area contributed by atoms with Crippen molar-refractivity contribution >= 4 is 22.7 Å². The van der Waals surface area contributed by atoms with E-state index in [0.29, 0.717) is 12.1 Å². The van der Waals surface area contributed by atoms with E-state index in [2.05, 4.69) is 51.9 Å². The first-order valence-electron chi connectivity index (χ1n) is 12.9. The van der Waals surface area contributed by atoms with Crippen molar-refractivity contribution in [2.45, 2.75) is 44.2 Å². The Labute approximate surface area is 213 Å². The van der Waals surface area contributed by atoms with Gasteiger partial charge in [-0.25, -0.2) is 4.98 Å². The molecule has 0 saturated heterocycles. The molecule has 0 atom stereocenters.